The van der Waals surface area contributed by atoms with E-state index in [-0.39, 0.29) is 19.1 Å². The number of amides is 1. The third kappa shape index (κ3) is 3.03. The van der Waals surface area contributed by atoms with Crippen LogP contribution in [-0.2, 0) is 9.53 Å². The number of carbonyl (C=O) groups excluding carboxylic acids is 1. The Balaban J connectivity index is 1.93. The van der Waals surface area contributed by atoms with Crippen molar-refractivity contribution in [1.29, 1.82) is 0 Å². The molecule has 0 radical (unpaired) electrons. The van der Waals surface area contributed by atoms with E-state index in [1.807, 2.05) is 31.2 Å². The van der Waals surface area contributed by atoms with Crippen molar-refractivity contribution in [2.45, 2.75) is 20.0 Å². The van der Waals surface area contributed by atoms with Crippen molar-refractivity contribution >= 4 is 22.8 Å². The van der Waals surface area contributed by atoms with Gasteiger partial charge in [0.15, 0.2) is 6.10 Å². The summed E-state index contributed by atoms with van der Waals surface area (Å²) >= 11 is 0. The zero-order chi connectivity index (χ0) is 16.6. The molecule has 1 saturated heterocycles. The summed E-state index contributed by atoms with van der Waals surface area (Å²) in [5, 5.41) is 9.96. The molecule has 3 rings (SSSR count). The lowest BCUT2D eigenvalue weighted by Crippen LogP contribution is -2.48. The van der Waals surface area contributed by atoms with Gasteiger partial charge in [-0.25, -0.2) is 4.79 Å². The molecule has 1 fully saturated rings. The molecule has 1 aliphatic rings. The lowest BCUT2D eigenvalue weighted by molar-refractivity contribution is -0.154. The van der Waals surface area contributed by atoms with Crippen LogP contribution in [0.4, 0.5) is 0 Å². The summed E-state index contributed by atoms with van der Waals surface area (Å²) in [6, 6.07) is 7.73. The molecule has 120 valence electrons. The molecule has 1 aromatic heterocycles. The minimum absolute atomic E-state index is 0.0550. The number of aromatic nitrogens is 1. The first kappa shape index (κ1) is 15.4. The summed E-state index contributed by atoms with van der Waals surface area (Å²) in [5.41, 5.74) is 3.09. The molecule has 1 atom stereocenters. The number of carboxylic acids is 1. The van der Waals surface area contributed by atoms with E-state index in [2.05, 4.69) is 4.98 Å². The van der Waals surface area contributed by atoms with Crippen LogP contribution >= 0.6 is 0 Å². The molecule has 1 amide bonds. The highest BCUT2D eigenvalue weighted by Gasteiger charge is 2.30. The van der Waals surface area contributed by atoms with Gasteiger partial charge in [-0.3, -0.25) is 9.78 Å². The van der Waals surface area contributed by atoms with Crippen molar-refractivity contribution in [3.8, 4) is 0 Å². The molecule has 0 unspecified atom stereocenters. The number of hydrogen-bond donors (Lipinski definition) is 1. The van der Waals surface area contributed by atoms with Crippen LogP contribution in [0, 0.1) is 13.8 Å². The summed E-state index contributed by atoms with van der Waals surface area (Å²) in [4.78, 5) is 29.8. The summed E-state index contributed by atoms with van der Waals surface area (Å²) in [7, 11) is 0. The Morgan fingerprint density at radius 1 is 1.30 bits per heavy atom. The number of morpholine rings is 1. The number of carboxylic acid groups (broad SMARTS) is 1. The number of rotatable bonds is 2. The van der Waals surface area contributed by atoms with Gasteiger partial charge in [0.1, 0.15) is 0 Å². The van der Waals surface area contributed by atoms with Gasteiger partial charge in [0.05, 0.1) is 29.9 Å². The predicted octanol–water partition coefficient (Wildman–Crippen LogP) is 1.78. The number of carbonyl (C=O) groups is 2. The van der Waals surface area contributed by atoms with Gasteiger partial charge < -0.3 is 14.7 Å². The summed E-state index contributed by atoms with van der Waals surface area (Å²) in [6.45, 7) is 4.44. The average molecular weight is 314 g/mol. The van der Waals surface area contributed by atoms with E-state index in [1.54, 1.807) is 6.92 Å². The Kier molecular flexibility index (Phi) is 4.00. The Morgan fingerprint density at radius 3 is 2.83 bits per heavy atom. The number of pyridine rings is 1. The van der Waals surface area contributed by atoms with Gasteiger partial charge in [-0.2, -0.15) is 0 Å². The van der Waals surface area contributed by atoms with Crippen LogP contribution in [0.15, 0.2) is 24.3 Å². The molecule has 2 heterocycles. The molecule has 6 heteroatoms. The number of aliphatic carboxylic acids is 1. The van der Waals surface area contributed by atoms with Crippen molar-refractivity contribution < 1.29 is 19.4 Å². The van der Waals surface area contributed by atoms with Crippen LogP contribution < -0.4 is 0 Å². The van der Waals surface area contributed by atoms with E-state index in [4.69, 9.17) is 9.84 Å². The SMILES string of the molecule is Cc1ccc2nc(C)c(C(=O)N3CCO[C@@H](C(=O)O)C3)cc2c1. The normalized spacial score (nSPS) is 18.2. The molecular formula is C17H18N2O4. The van der Waals surface area contributed by atoms with Gasteiger partial charge in [0.2, 0.25) is 0 Å². The van der Waals surface area contributed by atoms with E-state index >= 15 is 0 Å². The summed E-state index contributed by atoms with van der Waals surface area (Å²) in [5.74, 6) is -1.25. The minimum Gasteiger partial charge on any atom is -0.479 e. The third-order valence-electron chi connectivity index (χ3n) is 4.02. The fourth-order valence-corrected chi connectivity index (χ4v) is 2.76. The van der Waals surface area contributed by atoms with Gasteiger partial charge in [-0.05, 0) is 32.0 Å². The van der Waals surface area contributed by atoms with Crippen LogP contribution in [0.1, 0.15) is 21.6 Å². The maximum Gasteiger partial charge on any atom is 0.334 e. The standard InChI is InChI=1S/C17H18N2O4/c1-10-3-4-14-12(7-10)8-13(11(2)18-14)16(20)19-5-6-23-15(9-19)17(21)22/h3-4,7-8,15H,5-6,9H2,1-2H3,(H,21,22)/t15-/m1/s1. The first-order valence-corrected chi connectivity index (χ1v) is 7.47. The molecule has 23 heavy (non-hydrogen) atoms. The van der Waals surface area contributed by atoms with Crippen molar-refractivity contribution in [1.82, 2.24) is 9.88 Å². The number of fused-ring (bicyclic) bond motifs is 1. The zero-order valence-electron chi connectivity index (χ0n) is 13.1. The fraction of sp³-hybridized carbons (Fsp3) is 0.353. The van der Waals surface area contributed by atoms with Gasteiger partial charge in [0, 0.05) is 11.9 Å². The third-order valence-corrected chi connectivity index (χ3v) is 4.02. The maximum atomic E-state index is 12.8. The lowest BCUT2D eigenvalue weighted by atomic mass is 10.1. The Labute approximate surface area is 133 Å². The zero-order valence-corrected chi connectivity index (χ0v) is 13.1. The topological polar surface area (TPSA) is 79.7 Å². The van der Waals surface area contributed by atoms with Gasteiger partial charge >= 0.3 is 5.97 Å². The number of benzene rings is 1. The highest BCUT2D eigenvalue weighted by molar-refractivity contribution is 5.99. The van der Waals surface area contributed by atoms with Gasteiger partial charge in [0.25, 0.3) is 5.91 Å². The molecule has 0 saturated carbocycles. The highest BCUT2D eigenvalue weighted by atomic mass is 16.5. The second kappa shape index (κ2) is 5.96. The Hall–Kier alpha value is -2.47. The molecule has 1 aliphatic heterocycles. The molecule has 0 spiro atoms. The van der Waals surface area contributed by atoms with Gasteiger partial charge in [-0.15, -0.1) is 0 Å². The minimum atomic E-state index is -1.05. The van der Waals surface area contributed by atoms with E-state index in [0.717, 1.165) is 16.5 Å². The average Bonchev–Trinajstić information content (AvgIpc) is 2.54. The maximum absolute atomic E-state index is 12.8. The second-order valence-electron chi connectivity index (χ2n) is 5.77. The quantitative estimate of drug-likeness (QED) is 0.914. The fourth-order valence-electron chi connectivity index (χ4n) is 2.76. The van der Waals surface area contributed by atoms with E-state index < -0.39 is 12.1 Å². The number of aryl methyl sites for hydroxylation is 2. The van der Waals surface area contributed by atoms with Crippen LogP contribution in [0.25, 0.3) is 10.9 Å². The molecule has 0 bridgehead atoms. The first-order chi connectivity index (χ1) is 11.0. The van der Waals surface area contributed by atoms with Crippen LogP contribution in [0.5, 0.6) is 0 Å². The summed E-state index contributed by atoms with van der Waals surface area (Å²) in [6.07, 6.45) is -0.969. The molecule has 2 aromatic rings. The molecule has 1 aromatic carbocycles. The van der Waals surface area contributed by atoms with Crippen molar-refractivity contribution in [3.05, 3.63) is 41.1 Å². The summed E-state index contributed by atoms with van der Waals surface area (Å²) < 4.78 is 5.16. The van der Waals surface area contributed by atoms with E-state index in [1.165, 1.54) is 4.90 Å². The number of nitrogens with zero attached hydrogens (tertiary/aromatic N) is 2. The lowest BCUT2D eigenvalue weighted by Gasteiger charge is -2.31. The van der Waals surface area contributed by atoms with Crippen molar-refractivity contribution in [2.75, 3.05) is 19.7 Å². The van der Waals surface area contributed by atoms with E-state index in [9.17, 15) is 9.59 Å². The van der Waals surface area contributed by atoms with Crippen molar-refractivity contribution in [3.63, 3.8) is 0 Å². The first-order valence-electron chi connectivity index (χ1n) is 7.47. The Bertz CT molecular complexity index is 788. The Morgan fingerprint density at radius 2 is 2.09 bits per heavy atom. The number of ether oxygens (including phenoxy) is 1. The van der Waals surface area contributed by atoms with Crippen molar-refractivity contribution in [2.24, 2.45) is 0 Å². The van der Waals surface area contributed by atoms with Crippen LogP contribution in [-0.4, -0.2) is 52.7 Å². The predicted molar refractivity (Wildman–Crippen MR) is 84.5 cm³/mol. The molecule has 6 nitrogen and oxygen atoms in total. The van der Waals surface area contributed by atoms with Crippen LogP contribution in [0.2, 0.25) is 0 Å². The number of hydrogen-bond acceptors (Lipinski definition) is 4. The monoisotopic (exact) mass is 314 g/mol. The smallest absolute Gasteiger partial charge is 0.334 e. The van der Waals surface area contributed by atoms with Crippen LogP contribution in [0.3, 0.4) is 0 Å². The van der Waals surface area contributed by atoms with E-state index in [0.29, 0.717) is 17.8 Å². The molecule has 0 aliphatic carbocycles. The highest BCUT2D eigenvalue weighted by Crippen LogP contribution is 2.20. The largest absolute Gasteiger partial charge is 0.479 e. The molecule has 1 N–H and O–H groups in total. The van der Waals surface area contributed by atoms with Gasteiger partial charge in [-0.1, -0.05) is 11.6 Å². The molecular weight excluding hydrogens is 296 g/mol. The second-order valence-corrected chi connectivity index (χ2v) is 5.77.